The van der Waals surface area contributed by atoms with Crippen molar-refractivity contribution in [1.82, 2.24) is 0 Å². The maximum Gasteiger partial charge on any atom is 0.138 e. The molecule has 0 radical (unpaired) electrons. The molecule has 3 nitrogen and oxygen atoms in total. The number of anilines is 2. The van der Waals surface area contributed by atoms with Gasteiger partial charge in [0.1, 0.15) is 12.4 Å². The molecule has 2 rings (SSSR count). The zero-order chi connectivity index (χ0) is 14.5. The van der Waals surface area contributed by atoms with Crippen LogP contribution in [0, 0.1) is 0 Å². The maximum atomic E-state index is 6.04. The number of likely N-dealkylation sites (N-methyl/N-ethyl adjacent to an activating group) is 1. The smallest absolute Gasteiger partial charge is 0.138 e. The highest BCUT2D eigenvalue weighted by atomic mass is 35.5. The molecule has 0 bridgehead atoms. The number of halogens is 2. The lowest BCUT2D eigenvalue weighted by Gasteiger charge is -2.19. The fraction of sp³-hybridized carbons (Fsp3) is 0.200. The van der Waals surface area contributed by atoms with E-state index in [4.69, 9.17) is 33.7 Å². The third kappa shape index (κ3) is 3.95. The van der Waals surface area contributed by atoms with E-state index < -0.39 is 0 Å². The Kier molecular flexibility index (Phi) is 4.99. The molecule has 0 aliphatic heterocycles. The first-order valence-electron chi connectivity index (χ1n) is 6.21. The third-order valence-electron chi connectivity index (χ3n) is 2.91. The summed E-state index contributed by atoms with van der Waals surface area (Å²) < 4.78 is 5.65. The molecular weight excluding hydrogens is 295 g/mol. The monoisotopic (exact) mass is 310 g/mol. The van der Waals surface area contributed by atoms with Crippen LogP contribution in [0.2, 0.25) is 10.0 Å². The Balaban J connectivity index is 1.87. The van der Waals surface area contributed by atoms with Gasteiger partial charge in [0, 0.05) is 23.4 Å². The molecule has 2 N–H and O–H groups in total. The lowest BCUT2D eigenvalue weighted by molar-refractivity contribution is 0.326. The number of hydrogen-bond donors (Lipinski definition) is 1. The summed E-state index contributed by atoms with van der Waals surface area (Å²) in [5.41, 5.74) is 7.51. The summed E-state index contributed by atoms with van der Waals surface area (Å²) in [6, 6.07) is 12.9. The molecular formula is C15H16Cl2N2O. The minimum Gasteiger partial charge on any atom is -0.490 e. The van der Waals surface area contributed by atoms with Crippen molar-refractivity contribution in [2.45, 2.75) is 0 Å². The summed E-state index contributed by atoms with van der Waals surface area (Å²) in [5.74, 6) is 0.641. The van der Waals surface area contributed by atoms with Crippen molar-refractivity contribution in [3.63, 3.8) is 0 Å². The Hall–Kier alpha value is -1.58. The fourth-order valence-electron chi connectivity index (χ4n) is 1.74. The lowest BCUT2D eigenvalue weighted by Crippen LogP contribution is -2.23. The van der Waals surface area contributed by atoms with Crippen LogP contribution >= 0.6 is 23.2 Å². The number of nitrogens with zero attached hydrogens (tertiary/aromatic N) is 1. The Morgan fingerprint density at radius 3 is 2.45 bits per heavy atom. The second-order valence-electron chi connectivity index (χ2n) is 4.44. The van der Waals surface area contributed by atoms with E-state index in [2.05, 4.69) is 4.90 Å². The van der Waals surface area contributed by atoms with Crippen LogP contribution in [0.4, 0.5) is 11.4 Å². The summed E-state index contributed by atoms with van der Waals surface area (Å²) in [7, 11) is 2.00. The average molecular weight is 311 g/mol. The number of hydrogen-bond acceptors (Lipinski definition) is 3. The molecule has 2 aromatic carbocycles. The largest absolute Gasteiger partial charge is 0.490 e. The SMILES string of the molecule is CN(CCOc1ccc(Cl)cc1Cl)c1ccc(N)cc1. The van der Waals surface area contributed by atoms with E-state index in [1.54, 1.807) is 18.2 Å². The molecule has 0 saturated heterocycles. The quantitative estimate of drug-likeness (QED) is 0.845. The fourth-order valence-corrected chi connectivity index (χ4v) is 2.21. The minimum atomic E-state index is 0.521. The second-order valence-corrected chi connectivity index (χ2v) is 5.28. The maximum absolute atomic E-state index is 6.04. The van der Waals surface area contributed by atoms with Crippen molar-refractivity contribution >= 4 is 34.6 Å². The van der Waals surface area contributed by atoms with Crippen molar-refractivity contribution in [3.8, 4) is 5.75 Å². The van der Waals surface area contributed by atoms with Crippen molar-refractivity contribution in [3.05, 3.63) is 52.5 Å². The third-order valence-corrected chi connectivity index (χ3v) is 3.44. The molecule has 0 fully saturated rings. The van der Waals surface area contributed by atoms with Gasteiger partial charge >= 0.3 is 0 Å². The van der Waals surface area contributed by atoms with Crippen molar-refractivity contribution in [1.29, 1.82) is 0 Å². The number of nitrogen functional groups attached to an aromatic ring is 1. The van der Waals surface area contributed by atoms with Crippen LogP contribution in [-0.4, -0.2) is 20.2 Å². The highest BCUT2D eigenvalue weighted by molar-refractivity contribution is 6.35. The molecule has 0 spiro atoms. The molecule has 5 heteroatoms. The molecule has 0 aliphatic rings. The van der Waals surface area contributed by atoms with Gasteiger partial charge in [-0.3, -0.25) is 0 Å². The highest BCUT2D eigenvalue weighted by Gasteiger charge is 2.04. The normalized spacial score (nSPS) is 10.3. The van der Waals surface area contributed by atoms with Crippen LogP contribution in [-0.2, 0) is 0 Å². The van der Waals surface area contributed by atoms with Crippen molar-refractivity contribution in [2.24, 2.45) is 0 Å². The van der Waals surface area contributed by atoms with E-state index in [1.807, 2.05) is 31.3 Å². The molecule has 0 amide bonds. The first-order valence-corrected chi connectivity index (χ1v) is 6.96. The highest BCUT2D eigenvalue weighted by Crippen LogP contribution is 2.27. The van der Waals surface area contributed by atoms with Crippen LogP contribution in [0.25, 0.3) is 0 Å². The molecule has 0 heterocycles. The summed E-state index contributed by atoms with van der Waals surface area (Å²) in [6.07, 6.45) is 0. The minimum absolute atomic E-state index is 0.521. The predicted molar refractivity (Wildman–Crippen MR) is 86.1 cm³/mol. The number of nitrogens with two attached hydrogens (primary N) is 1. The van der Waals surface area contributed by atoms with Crippen LogP contribution in [0.1, 0.15) is 0 Å². The zero-order valence-electron chi connectivity index (χ0n) is 11.1. The standard InChI is InChI=1S/C15H16Cl2N2O/c1-19(13-5-3-12(18)4-6-13)8-9-20-15-7-2-11(16)10-14(15)17/h2-7,10H,8-9,18H2,1H3. The number of benzene rings is 2. The van der Waals surface area contributed by atoms with Gasteiger partial charge in [0.05, 0.1) is 11.6 Å². The van der Waals surface area contributed by atoms with Gasteiger partial charge in [-0.25, -0.2) is 0 Å². The summed E-state index contributed by atoms with van der Waals surface area (Å²) in [6.45, 7) is 1.27. The van der Waals surface area contributed by atoms with Gasteiger partial charge in [-0.15, -0.1) is 0 Å². The molecule has 0 aliphatic carbocycles. The average Bonchev–Trinajstić information content (AvgIpc) is 2.42. The Bertz CT molecular complexity index is 573. The van der Waals surface area contributed by atoms with Crippen molar-refractivity contribution < 1.29 is 4.74 Å². The van der Waals surface area contributed by atoms with Gasteiger partial charge in [0.15, 0.2) is 0 Å². The summed E-state index contributed by atoms with van der Waals surface area (Å²) in [4.78, 5) is 2.09. The van der Waals surface area contributed by atoms with Crippen LogP contribution in [0.5, 0.6) is 5.75 Å². The Labute approximate surface area is 128 Å². The Morgan fingerprint density at radius 2 is 1.80 bits per heavy atom. The van der Waals surface area contributed by atoms with Crippen LogP contribution in [0.3, 0.4) is 0 Å². The van der Waals surface area contributed by atoms with Gasteiger partial charge in [-0.05, 0) is 42.5 Å². The van der Waals surface area contributed by atoms with Gasteiger partial charge in [-0.1, -0.05) is 23.2 Å². The van der Waals surface area contributed by atoms with E-state index >= 15 is 0 Å². The molecule has 20 heavy (non-hydrogen) atoms. The first kappa shape index (κ1) is 14.8. The lowest BCUT2D eigenvalue weighted by atomic mass is 10.2. The number of rotatable bonds is 5. The summed E-state index contributed by atoms with van der Waals surface area (Å²) >= 11 is 11.9. The molecule has 106 valence electrons. The predicted octanol–water partition coefficient (Wildman–Crippen LogP) is 4.09. The summed E-state index contributed by atoms with van der Waals surface area (Å²) in [5, 5.41) is 1.12. The van der Waals surface area contributed by atoms with Gasteiger partial charge in [0.25, 0.3) is 0 Å². The number of ether oxygens (including phenoxy) is 1. The molecule has 0 aromatic heterocycles. The van der Waals surface area contributed by atoms with Crippen LogP contribution < -0.4 is 15.4 Å². The van der Waals surface area contributed by atoms with Gasteiger partial charge in [0.2, 0.25) is 0 Å². The molecule has 0 atom stereocenters. The molecule has 0 unspecified atom stereocenters. The van der Waals surface area contributed by atoms with E-state index in [-0.39, 0.29) is 0 Å². The van der Waals surface area contributed by atoms with Crippen LogP contribution in [0.15, 0.2) is 42.5 Å². The molecule has 2 aromatic rings. The Morgan fingerprint density at radius 1 is 1.10 bits per heavy atom. The van der Waals surface area contributed by atoms with E-state index in [0.717, 1.165) is 17.9 Å². The van der Waals surface area contributed by atoms with Gasteiger partial charge < -0.3 is 15.4 Å². The zero-order valence-corrected chi connectivity index (χ0v) is 12.7. The topological polar surface area (TPSA) is 38.5 Å². The van der Waals surface area contributed by atoms with E-state index in [9.17, 15) is 0 Å². The van der Waals surface area contributed by atoms with Gasteiger partial charge in [-0.2, -0.15) is 0 Å². The van der Waals surface area contributed by atoms with E-state index in [1.165, 1.54) is 0 Å². The van der Waals surface area contributed by atoms with Crippen molar-refractivity contribution in [2.75, 3.05) is 30.8 Å². The van der Waals surface area contributed by atoms with E-state index in [0.29, 0.717) is 22.4 Å². The second kappa shape index (κ2) is 6.73. The first-order chi connectivity index (χ1) is 9.56. The molecule has 0 saturated carbocycles.